The van der Waals surface area contributed by atoms with E-state index in [1.165, 1.54) is 0 Å². The molecule has 0 aliphatic carbocycles. The minimum Gasteiger partial charge on any atom is -0.454 e. The van der Waals surface area contributed by atoms with Crippen molar-refractivity contribution in [3.8, 4) is 11.5 Å². The molecule has 3 N–H and O–H groups in total. The number of carbonyl (C=O) groups is 1. The SMILES string of the molecule is O=C(Cc1ccc2c(c1)OCO2)NCCNc1ccc(Nc2cccnc2)nn1. The summed E-state index contributed by atoms with van der Waals surface area (Å²) in [5.41, 5.74) is 1.72. The Bertz CT molecular complexity index is 966. The maximum atomic E-state index is 12.1. The number of anilines is 3. The lowest BCUT2D eigenvalue weighted by molar-refractivity contribution is -0.120. The Hall–Kier alpha value is -3.88. The summed E-state index contributed by atoms with van der Waals surface area (Å²) in [5, 5.41) is 17.3. The van der Waals surface area contributed by atoms with E-state index in [1.54, 1.807) is 12.4 Å². The zero-order chi connectivity index (χ0) is 19.9. The van der Waals surface area contributed by atoms with E-state index in [-0.39, 0.29) is 19.1 Å². The van der Waals surface area contributed by atoms with E-state index in [9.17, 15) is 4.79 Å². The van der Waals surface area contributed by atoms with Crippen molar-refractivity contribution in [3.05, 3.63) is 60.4 Å². The molecule has 4 rings (SSSR count). The molecule has 0 spiro atoms. The number of nitrogens with one attached hydrogen (secondary N) is 3. The minimum absolute atomic E-state index is 0.0623. The first-order valence-electron chi connectivity index (χ1n) is 9.16. The predicted molar refractivity (Wildman–Crippen MR) is 107 cm³/mol. The van der Waals surface area contributed by atoms with Crippen molar-refractivity contribution in [3.63, 3.8) is 0 Å². The zero-order valence-electron chi connectivity index (χ0n) is 15.6. The molecule has 0 atom stereocenters. The molecule has 1 aliphatic rings. The van der Waals surface area contributed by atoms with Crippen LogP contribution in [0.2, 0.25) is 0 Å². The van der Waals surface area contributed by atoms with Gasteiger partial charge in [0.1, 0.15) is 5.82 Å². The van der Waals surface area contributed by atoms with Gasteiger partial charge in [-0.05, 0) is 42.0 Å². The van der Waals surface area contributed by atoms with Crippen LogP contribution in [0, 0.1) is 0 Å². The summed E-state index contributed by atoms with van der Waals surface area (Å²) in [5.74, 6) is 2.58. The van der Waals surface area contributed by atoms with Crippen LogP contribution >= 0.6 is 0 Å². The molecule has 0 fully saturated rings. The van der Waals surface area contributed by atoms with Crippen molar-refractivity contribution in [2.24, 2.45) is 0 Å². The van der Waals surface area contributed by atoms with Crippen LogP contribution in [0.15, 0.2) is 54.9 Å². The molecule has 1 amide bonds. The Morgan fingerprint density at radius 3 is 2.69 bits per heavy atom. The summed E-state index contributed by atoms with van der Waals surface area (Å²) >= 11 is 0. The third-order valence-corrected chi connectivity index (χ3v) is 4.15. The van der Waals surface area contributed by atoms with Crippen molar-refractivity contribution >= 4 is 23.2 Å². The van der Waals surface area contributed by atoms with Crippen LogP contribution in [0.25, 0.3) is 0 Å². The van der Waals surface area contributed by atoms with Gasteiger partial charge < -0.3 is 25.4 Å². The molecule has 3 aromatic rings. The van der Waals surface area contributed by atoms with E-state index in [0.717, 1.165) is 11.3 Å². The molecule has 2 aromatic heterocycles. The lowest BCUT2D eigenvalue weighted by Gasteiger charge is -2.08. The molecule has 3 heterocycles. The van der Waals surface area contributed by atoms with Gasteiger partial charge in [0, 0.05) is 19.3 Å². The van der Waals surface area contributed by atoms with Gasteiger partial charge in [0.25, 0.3) is 0 Å². The Kier molecular flexibility index (Phi) is 5.65. The quantitative estimate of drug-likeness (QED) is 0.500. The zero-order valence-corrected chi connectivity index (χ0v) is 15.6. The predicted octanol–water partition coefficient (Wildman–Crippen LogP) is 2.11. The fourth-order valence-corrected chi connectivity index (χ4v) is 2.77. The van der Waals surface area contributed by atoms with Crippen molar-refractivity contribution < 1.29 is 14.3 Å². The van der Waals surface area contributed by atoms with Crippen molar-refractivity contribution in [2.45, 2.75) is 6.42 Å². The number of aromatic nitrogens is 3. The number of rotatable bonds is 8. The molecule has 148 valence electrons. The smallest absolute Gasteiger partial charge is 0.231 e. The van der Waals surface area contributed by atoms with Gasteiger partial charge in [-0.25, -0.2) is 0 Å². The molecule has 0 radical (unpaired) electrons. The second kappa shape index (κ2) is 8.87. The first-order chi connectivity index (χ1) is 14.3. The maximum Gasteiger partial charge on any atom is 0.231 e. The van der Waals surface area contributed by atoms with Gasteiger partial charge in [-0.15, -0.1) is 10.2 Å². The highest BCUT2D eigenvalue weighted by atomic mass is 16.7. The van der Waals surface area contributed by atoms with E-state index in [1.807, 2.05) is 42.5 Å². The van der Waals surface area contributed by atoms with Crippen molar-refractivity contribution in [1.29, 1.82) is 0 Å². The van der Waals surface area contributed by atoms with E-state index in [2.05, 4.69) is 31.1 Å². The molecule has 9 heteroatoms. The highest BCUT2D eigenvalue weighted by Gasteiger charge is 2.14. The van der Waals surface area contributed by atoms with E-state index in [4.69, 9.17) is 9.47 Å². The number of hydrogen-bond acceptors (Lipinski definition) is 8. The maximum absolute atomic E-state index is 12.1. The molecule has 9 nitrogen and oxygen atoms in total. The van der Waals surface area contributed by atoms with Crippen LogP contribution in [0.3, 0.4) is 0 Å². The highest BCUT2D eigenvalue weighted by Crippen LogP contribution is 2.32. The van der Waals surface area contributed by atoms with E-state index < -0.39 is 0 Å². The summed E-state index contributed by atoms with van der Waals surface area (Å²) in [4.78, 5) is 16.1. The monoisotopic (exact) mass is 392 g/mol. The molecule has 0 bridgehead atoms. The highest BCUT2D eigenvalue weighted by molar-refractivity contribution is 5.78. The first kappa shape index (κ1) is 18.5. The lowest BCUT2D eigenvalue weighted by atomic mass is 10.1. The molecule has 0 saturated carbocycles. The molecule has 0 saturated heterocycles. The summed E-state index contributed by atoms with van der Waals surface area (Å²) in [6, 6.07) is 12.9. The molecular weight excluding hydrogens is 372 g/mol. The van der Waals surface area contributed by atoms with E-state index >= 15 is 0 Å². The van der Waals surface area contributed by atoms with Gasteiger partial charge in [0.2, 0.25) is 12.7 Å². The summed E-state index contributed by atoms with van der Waals surface area (Å²) < 4.78 is 10.6. The van der Waals surface area contributed by atoms with Crippen LogP contribution in [-0.2, 0) is 11.2 Å². The number of carbonyl (C=O) groups excluding carboxylic acids is 1. The second-order valence-corrected chi connectivity index (χ2v) is 6.31. The Morgan fingerprint density at radius 2 is 1.86 bits per heavy atom. The van der Waals surface area contributed by atoms with Crippen molar-refractivity contribution in [2.75, 3.05) is 30.5 Å². The molecule has 29 heavy (non-hydrogen) atoms. The largest absolute Gasteiger partial charge is 0.454 e. The summed E-state index contributed by atoms with van der Waals surface area (Å²) in [6.07, 6.45) is 3.70. The van der Waals surface area contributed by atoms with Gasteiger partial charge in [0.05, 0.1) is 18.3 Å². The number of pyridine rings is 1. The Balaban J connectivity index is 1.18. The Morgan fingerprint density at radius 1 is 1.00 bits per heavy atom. The number of benzene rings is 1. The van der Waals surface area contributed by atoms with Crippen molar-refractivity contribution in [1.82, 2.24) is 20.5 Å². The van der Waals surface area contributed by atoms with Gasteiger partial charge in [-0.1, -0.05) is 6.07 Å². The molecule has 1 aliphatic heterocycles. The average molecular weight is 392 g/mol. The second-order valence-electron chi connectivity index (χ2n) is 6.31. The van der Waals surface area contributed by atoms with Gasteiger partial charge in [-0.2, -0.15) is 0 Å². The summed E-state index contributed by atoms with van der Waals surface area (Å²) in [6.45, 7) is 1.23. The lowest BCUT2D eigenvalue weighted by Crippen LogP contribution is -2.30. The number of fused-ring (bicyclic) bond motifs is 1. The minimum atomic E-state index is -0.0623. The number of ether oxygens (including phenoxy) is 2. The van der Waals surface area contributed by atoms with E-state index in [0.29, 0.717) is 36.2 Å². The normalized spacial score (nSPS) is 11.7. The standard InChI is InChI=1S/C20H20N6O3/c27-20(11-14-3-4-16-17(10-14)29-13-28-16)23-9-8-22-18-5-6-19(26-25-18)24-15-2-1-7-21-12-15/h1-7,10,12H,8-9,11,13H2,(H,22,25)(H,23,27)(H,24,26). The topological polar surface area (TPSA) is 110 Å². The third kappa shape index (κ3) is 5.10. The van der Waals surface area contributed by atoms with Gasteiger partial charge in [0.15, 0.2) is 17.3 Å². The van der Waals surface area contributed by atoms with Crippen LogP contribution in [0.5, 0.6) is 11.5 Å². The third-order valence-electron chi connectivity index (χ3n) is 4.15. The van der Waals surface area contributed by atoms with Crippen LogP contribution in [0.1, 0.15) is 5.56 Å². The fraction of sp³-hybridized carbons (Fsp3) is 0.200. The van der Waals surface area contributed by atoms with Crippen LogP contribution in [-0.4, -0.2) is 41.0 Å². The average Bonchev–Trinajstić information content (AvgIpc) is 3.21. The van der Waals surface area contributed by atoms with Gasteiger partial charge in [-0.3, -0.25) is 9.78 Å². The number of hydrogen-bond donors (Lipinski definition) is 3. The first-order valence-corrected chi connectivity index (χ1v) is 9.16. The fourth-order valence-electron chi connectivity index (χ4n) is 2.77. The van der Waals surface area contributed by atoms with Crippen LogP contribution in [0.4, 0.5) is 17.3 Å². The summed E-state index contributed by atoms with van der Waals surface area (Å²) in [7, 11) is 0. The molecule has 1 aromatic carbocycles. The van der Waals surface area contributed by atoms with Gasteiger partial charge >= 0.3 is 0 Å². The molecular formula is C20H20N6O3. The number of amides is 1. The van der Waals surface area contributed by atoms with Crippen LogP contribution < -0.4 is 25.4 Å². The Labute approximate surface area is 167 Å². The molecule has 0 unspecified atom stereocenters. The number of nitrogens with zero attached hydrogens (tertiary/aromatic N) is 3.